The average Bonchev–Trinajstić information content (AvgIpc) is 2.27. The van der Waals surface area contributed by atoms with Gasteiger partial charge in [-0.1, -0.05) is 27.9 Å². The standard InChI is InChI=1S/C10H17BrN2O4S/c1-10(2,5-14)12-18-9-4-7(13(16)17)8(15)3-6(9)11/h3,7-9,12,14-15H,4-5H2,1-2H3/t7?,8-,9?/m1/s1. The van der Waals surface area contributed by atoms with Gasteiger partial charge in [-0.2, -0.15) is 0 Å². The number of hydrogen-bond acceptors (Lipinski definition) is 6. The van der Waals surface area contributed by atoms with Crippen molar-refractivity contribution in [2.24, 2.45) is 0 Å². The maximum atomic E-state index is 10.8. The lowest BCUT2D eigenvalue weighted by Crippen LogP contribution is -2.43. The first-order valence-electron chi connectivity index (χ1n) is 5.49. The van der Waals surface area contributed by atoms with E-state index in [9.17, 15) is 15.2 Å². The summed E-state index contributed by atoms with van der Waals surface area (Å²) >= 11 is 4.64. The maximum absolute atomic E-state index is 10.8. The summed E-state index contributed by atoms with van der Waals surface area (Å²) in [5.41, 5.74) is -0.460. The second-order valence-electron chi connectivity index (χ2n) is 4.88. The van der Waals surface area contributed by atoms with Gasteiger partial charge in [0.05, 0.1) is 11.9 Å². The number of aliphatic hydroxyl groups is 2. The quantitative estimate of drug-likeness (QED) is 0.393. The van der Waals surface area contributed by atoms with Crippen molar-refractivity contribution in [1.29, 1.82) is 0 Å². The molecule has 0 aliphatic heterocycles. The molecule has 2 unspecified atom stereocenters. The molecule has 0 aromatic heterocycles. The highest BCUT2D eigenvalue weighted by Crippen LogP contribution is 2.33. The fourth-order valence-corrected chi connectivity index (χ4v) is 3.18. The van der Waals surface area contributed by atoms with Crippen LogP contribution in [0.4, 0.5) is 0 Å². The lowest BCUT2D eigenvalue weighted by Gasteiger charge is -2.29. The zero-order chi connectivity index (χ0) is 13.9. The molecule has 3 atom stereocenters. The van der Waals surface area contributed by atoms with Crippen LogP contribution in [0.15, 0.2) is 10.6 Å². The Bertz CT molecular complexity index is 351. The molecule has 0 heterocycles. The van der Waals surface area contributed by atoms with E-state index in [2.05, 4.69) is 20.7 Å². The van der Waals surface area contributed by atoms with Crippen LogP contribution in [0.25, 0.3) is 0 Å². The predicted molar refractivity (Wildman–Crippen MR) is 74.1 cm³/mol. The summed E-state index contributed by atoms with van der Waals surface area (Å²) in [6.45, 7) is 3.63. The smallest absolute Gasteiger partial charge is 0.243 e. The summed E-state index contributed by atoms with van der Waals surface area (Å²) in [5, 5.41) is 29.4. The number of nitrogens with zero attached hydrogens (tertiary/aromatic N) is 1. The van der Waals surface area contributed by atoms with Crippen LogP contribution in [-0.4, -0.2) is 44.7 Å². The number of aliphatic hydroxyl groups excluding tert-OH is 2. The minimum absolute atomic E-state index is 0.0324. The van der Waals surface area contributed by atoms with Crippen molar-refractivity contribution in [3.8, 4) is 0 Å². The number of halogens is 1. The number of rotatable bonds is 5. The van der Waals surface area contributed by atoms with Crippen molar-refractivity contribution in [2.75, 3.05) is 6.61 Å². The Morgan fingerprint density at radius 1 is 1.72 bits per heavy atom. The Kier molecular flexibility index (Phi) is 5.60. The monoisotopic (exact) mass is 340 g/mol. The minimum atomic E-state index is -1.06. The zero-order valence-electron chi connectivity index (χ0n) is 10.2. The van der Waals surface area contributed by atoms with E-state index in [-0.39, 0.29) is 18.3 Å². The molecular weight excluding hydrogens is 324 g/mol. The third kappa shape index (κ3) is 4.20. The molecule has 0 saturated heterocycles. The van der Waals surface area contributed by atoms with E-state index in [4.69, 9.17) is 5.11 Å². The maximum Gasteiger partial charge on any atom is 0.243 e. The van der Waals surface area contributed by atoms with Crippen molar-refractivity contribution >= 4 is 27.9 Å². The van der Waals surface area contributed by atoms with Crippen molar-refractivity contribution < 1.29 is 15.1 Å². The Balaban J connectivity index is 2.66. The number of nitrogens with one attached hydrogen (secondary N) is 1. The number of nitro groups is 1. The van der Waals surface area contributed by atoms with Gasteiger partial charge in [0.25, 0.3) is 0 Å². The normalized spacial score (nSPS) is 28.9. The Hall–Kier alpha value is -0.150. The van der Waals surface area contributed by atoms with Gasteiger partial charge in [-0.15, -0.1) is 0 Å². The molecule has 0 aromatic carbocycles. The molecule has 8 heteroatoms. The molecule has 6 nitrogen and oxygen atoms in total. The summed E-state index contributed by atoms with van der Waals surface area (Å²) < 4.78 is 3.81. The highest BCUT2D eigenvalue weighted by Gasteiger charge is 2.38. The van der Waals surface area contributed by atoms with Crippen LogP contribution in [0.3, 0.4) is 0 Å². The molecule has 0 bridgehead atoms. The molecule has 104 valence electrons. The van der Waals surface area contributed by atoms with Crippen LogP contribution in [0.2, 0.25) is 0 Å². The molecule has 0 radical (unpaired) electrons. The first-order chi connectivity index (χ1) is 8.26. The molecule has 0 saturated carbocycles. The topological polar surface area (TPSA) is 95.6 Å². The highest BCUT2D eigenvalue weighted by atomic mass is 79.9. The molecule has 0 amide bonds. The fraction of sp³-hybridized carbons (Fsp3) is 0.800. The third-order valence-corrected chi connectivity index (χ3v) is 5.15. The van der Waals surface area contributed by atoms with Crippen molar-refractivity contribution in [1.82, 2.24) is 4.72 Å². The minimum Gasteiger partial charge on any atom is -0.394 e. The van der Waals surface area contributed by atoms with Gasteiger partial charge in [0.15, 0.2) is 0 Å². The Morgan fingerprint density at radius 2 is 2.33 bits per heavy atom. The summed E-state index contributed by atoms with van der Waals surface area (Å²) in [7, 11) is 0. The van der Waals surface area contributed by atoms with E-state index >= 15 is 0 Å². The first kappa shape index (κ1) is 15.9. The largest absolute Gasteiger partial charge is 0.394 e. The summed E-state index contributed by atoms with van der Waals surface area (Å²) in [4.78, 5) is 10.4. The molecule has 1 aliphatic rings. The van der Waals surface area contributed by atoms with Crippen LogP contribution >= 0.6 is 27.9 Å². The number of hydrogen-bond donors (Lipinski definition) is 3. The third-order valence-electron chi connectivity index (χ3n) is 2.63. The van der Waals surface area contributed by atoms with Crippen LogP contribution < -0.4 is 4.72 Å². The molecule has 1 rings (SSSR count). The van der Waals surface area contributed by atoms with E-state index in [1.165, 1.54) is 18.0 Å². The van der Waals surface area contributed by atoms with Gasteiger partial charge in [-0.05, 0) is 19.9 Å². The fourth-order valence-electron chi connectivity index (χ4n) is 1.43. The SMILES string of the molecule is CC(C)(CO)NSC1CC([N+](=O)[O-])[C@H](O)C=C1Br. The van der Waals surface area contributed by atoms with E-state index in [0.717, 1.165) is 4.48 Å². The molecule has 18 heavy (non-hydrogen) atoms. The highest BCUT2D eigenvalue weighted by molar-refractivity contribution is 9.11. The second kappa shape index (κ2) is 6.33. The van der Waals surface area contributed by atoms with Crippen LogP contribution in [-0.2, 0) is 0 Å². The lowest BCUT2D eigenvalue weighted by atomic mass is 9.99. The van der Waals surface area contributed by atoms with Crippen LogP contribution in [0.1, 0.15) is 20.3 Å². The molecule has 3 N–H and O–H groups in total. The van der Waals surface area contributed by atoms with Gasteiger partial charge in [-0.3, -0.25) is 14.8 Å². The Labute approximate surface area is 118 Å². The van der Waals surface area contributed by atoms with Gasteiger partial charge >= 0.3 is 0 Å². The molecule has 0 aromatic rings. The van der Waals surface area contributed by atoms with Gasteiger partial charge in [0.2, 0.25) is 6.04 Å². The van der Waals surface area contributed by atoms with Crippen molar-refractivity contribution in [3.63, 3.8) is 0 Å². The molecular formula is C10H17BrN2O4S. The van der Waals surface area contributed by atoms with Gasteiger partial charge in [-0.25, -0.2) is 0 Å². The zero-order valence-corrected chi connectivity index (χ0v) is 12.6. The van der Waals surface area contributed by atoms with Crippen molar-refractivity contribution in [3.05, 3.63) is 20.7 Å². The van der Waals surface area contributed by atoms with E-state index in [0.29, 0.717) is 0 Å². The molecule has 1 aliphatic carbocycles. The van der Waals surface area contributed by atoms with Gasteiger partial charge in [0.1, 0.15) is 6.10 Å². The summed E-state index contributed by atoms with van der Waals surface area (Å²) in [6.07, 6.45) is 0.643. The lowest BCUT2D eigenvalue weighted by molar-refractivity contribution is -0.532. The van der Waals surface area contributed by atoms with E-state index < -0.39 is 22.6 Å². The Morgan fingerprint density at radius 3 is 2.83 bits per heavy atom. The van der Waals surface area contributed by atoms with Crippen molar-refractivity contribution in [2.45, 2.75) is 43.2 Å². The summed E-state index contributed by atoms with van der Waals surface area (Å²) in [6, 6.07) is -0.983. The van der Waals surface area contributed by atoms with Crippen LogP contribution in [0.5, 0.6) is 0 Å². The molecule has 0 spiro atoms. The van der Waals surface area contributed by atoms with E-state index in [1.807, 2.05) is 13.8 Å². The van der Waals surface area contributed by atoms with Gasteiger partial charge in [0, 0.05) is 21.4 Å². The van der Waals surface area contributed by atoms with Crippen LogP contribution in [0, 0.1) is 10.1 Å². The first-order valence-corrected chi connectivity index (χ1v) is 7.16. The summed E-state index contributed by atoms with van der Waals surface area (Å²) in [5.74, 6) is 0. The average molecular weight is 341 g/mol. The van der Waals surface area contributed by atoms with Gasteiger partial charge < -0.3 is 10.2 Å². The molecule has 0 fully saturated rings. The second-order valence-corrected chi connectivity index (χ2v) is 6.81. The predicted octanol–water partition coefficient (Wildman–Crippen LogP) is 1.05. The van der Waals surface area contributed by atoms with E-state index in [1.54, 1.807) is 0 Å².